The summed E-state index contributed by atoms with van der Waals surface area (Å²) in [6.45, 7) is 6.65. The molecule has 2 saturated carbocycles. The lowest BCUT2D eigenvalue weighted by Crippen LogP contribution is -2.35. The van der Waals surface area contributed by atoms with Crippen molar-refractivity contribution in [3.8, 4) is 0 Å². The third kappa shape index (κ3) is 1.93. The molecule has 0 heterocycles. The summed E-state index contributed by atoms with van der Waals surface area (Å²) < 4.78 is 0. The van der Waals surface area contributed by atoms with Gasteiger partial charge in [-0.15, -0.1) is 0 Å². The lowest BCUT2D eigenvalue weighted by atomic mass is 9.70. The molecule has 0 spiro atoms. The molecular formula is C12H24O3. The molecule has 3 atom stereocenters. The van der Waals surface area contributed by atoms with E-state index in [0.717, 1.165) is 12.3 Å². The Kier molecular flexibility index (Phi) is 3.80. The Morgan fingerprint density at radius 1 is 1.13 bits per heavy atom. The second-order valence-electron chi connectivity index (χ2n) is 5.57. The molecule has 90 valence electrons. The topological polar surface area (TPSA) is 60.7 Å². The molecule has 3 N–H and O–H groups in total. The molecule has 3 nitrogen and oxygen atoms in total. The van der Waals surface area contributed by atoms with Gasteiger partial charge < -0.3 is 15.3 Å². The predicted octanol–water partition coefficient (Wildman–Crippen LogP) is 1.16. The molecule has 2 rings (SSSR count). The zero-order chi connectivity index (χ0) is 11.7. The molecule has 2 aliphatic rings. The van der Waals surface area contributed by atoms with Gasteiger partial charge in [-0.05, 0) is 36.0 Å². The zero-order valence-corrected chi connectivity index (χ0v) is 10.0. The van der Waals surface area contributed by atoms with Crippen LogP contribution < -0.4 is 0 Å². The van der Waals surface area contributed by atoms with Crippen LogP contribution in [0.25, 0.3) is 0 Å². The van der Waals surface area contributed by atoms with Gasteiger partial charge in [0.25, 0.3) is 0 Å². The number of hydrogen-bond acceptors (Lipinski definition) is 3. The third-order valence-electron chi connectivity index (χ3n) is 4.85. The van der Waals surface area contributed by atoms with Gasteiger partial charge in [-0.25, -0.2) is 0 Å². The maximum atomic E-state index is 9.81. The molecule has 15 heavy (non-hydrogen) atoms. The molecule has 0 saturated heterocycles. The highest BCUT2D eigenvalue weighted by atomic mass is 16.3. The Balaban J connectivity index is 0.000000245. The minimum absolute atomic E-state index is 0.0313. The van der Waals surface area contributed by atoms with Crippen molar-refractivity contribution >= 4 is 0 Å². The first-order valence-electron chi connectivity index (χ1n) is 5.80. The van der Waals surface area contributed by atoms with Crippen molar-refractivity contribution in [3.05, 3.63) is 0 Å². The van der Waals surface area contributed by atoms with E-state index in [-0.39, 0.29) is 24.7 Å². The van der Waals surface area contributed by atoms with Crippen molar-refractivity contribution in [2.24, 2.45) is 16.7 Å². The minimum Gasteiger partial charge on any atom is -0.394 e. The van der Waals surface area contributed by atoms with Crippen LogP contribution in [0.4, 0.5) is 0 Å². The van der Waals surface area contributed by atoms with Gasteiger partial charge in [0.1, 0.15) is 0 Å². The Morgan fingerprint density at radius 2 is 1.67 bits per heavy atom. The second kappa shape index (κ2) is 4.40. The van der Waals surface area contributed by atoms with Crippen LogP contribution in [0.1, 0.15) is 40.0 Å². The molecule has 2 aliphatic carbocycles. The lowest BCUT2D eigenvalue weighted by Gasteiger charge is -2.36. The van der Waals surface area contributed by atoms with Gasteiger partial charge in [0.15, 0.2) is 0 Å². The van der Waals surface area contributed by atoms with Gasteiger partial charge in [0.05, 0.1) is 19.3 Å². The molecule has 0 aromatic carbocycles. The maximum Gasteiger partial charge on any atom is 0.0662 e. The van der Waals surface area contributed by atoms with Gasteiger partial charge in [-0.2, -0.15) is 0 Å². The van der Waals surface area contributed by atoms with Crippen LogP contribution in [0.2, 0.25) is 0 Å². The van der Waals surface area contributed by atoms with E-state index in [0.29, 0.717) is 5.41 Å². The fourth-order valence-electron chi connectivity index (χ4n) is 3.16. The van der Waals surface area contributed by atoms with E-state index < -0.39 is 0 Å². The predicted molar refractivity (Wildman–Crippen MR) is 59.4 cm³/mol. The van der Waals surface area contributed by atoms with Crippen LogP contribution in [-0.4, -0.2) is 34.6 Å². The summed E-state index contributed by atoms with van der Waals surface area (Å²) in [5, 5.41) is 25.1. The fraction of sp³-hybridized carbons (Fsp3) is 1.00. The molecule has 0 aromatic heterocycles. The zero-order valence-electron chi connectivity index (χ0n) is 10.0. The van der Waals surface area contributed by atoms with E-state index in [1.807, 2.05) is 0 Å². The first-order valence-corrected chi connectivity index (χ1v) is 5.80. The highest BCUT2D eigenvalue weighted by Crippen LogP contribution is 2.65. The molecule has 2 bridgehead atoms. The van der Waals surface area contributed by atoms with E-state index in [4.69, 9.17) is 10.2 Å². The Hall–Kier alpha value is -0.120. The van der Waals surface area contributed by atoms with Crippen molar-refractivity contribution < 1.29 is 15.3 Å². The largest absolute Gasteiger partial charge is 0.394 e. The Morgan fingerprint density at radius 3 is 1.80 bits per heavy atom. The first kappa shape index (κ1) is 12.9. The van der Waals surface area contributed by atoms with Crippen LogP contribution in [0.15, 0.2) is 0 Å². The van der Waals surface area contributed by atoms with Gasteiger partial charge in [0.2, 0.25) is 0 Å². The monoisotopic (exact) mass is 216 g/mol. The summed E-state index contributed by atoms with van der Waals surface area (Å²) >= 11 is 0. The van der Waals surface area contributed by atoms with Crippen molar-refractivity contribution in [2.75, 3.05) is 13.2 Å². The highest BCUT2D eigenvalue weighted by Gasteiger charge is 2.60. The number of aliphatic hydroxyl groups excluding tert-OH is 3. The van der Waals surface area contributed by atoms with Crippen LogP contribution in [-0.2, 0) is 0 Å². The van der Waals surface area contributed by atoms with E-state index in [9.17, 15) is 5.11 Å². The molecule has 3 heteroatoms. The van der Waals surface area contributed by atoms with Gasteiger partial charge in [-0.1, -0.05) is 20.8 Å². The van der Waals surface area contributed by atoms with E-state index >= 15 is 0 Å². The molecule has 0 aromatic rings. The summed E-state index contributed by atoms with van der Waals surface area (Å²) in [6.07, 6.45) is 3.58. The highest BCUT2D eigenvalue weighted by molar-refractivity contribution is 5.10. The molecule has 2 fully saturated rings. The number of aliphatic hydroxyl groups is 3. The molecular weight excluding hydrogens is 192 g/mol. The molecule has 0 amide bonds. The maximum absolute atomic E-state index is 9.81. The number of hydrogen-bond donors (Lipinski definition) is 3. The van der Waals surface area contributed by atoms with Crippen LogP contribution >= 0.6 is 0 Å². The van der Waals surface area contributed by atoms with Crippen LogP contribution in [0.5, 0.6) is 0 Å². The van der Waals surface area contributed by atoms with Crippen molar-refractivity contribution in [1.82, 2.24) is 0 Å². The molecule has 0 radical (unpaired) electrons. The fourth-order valence-corrected chi connectivity index (χ4v) is 3.16. The molecule has 0 aliphatic heterocycles. The summed E-state index contributed by atoms with van der Waals surface area (Å²) in [4.78, 5) is 0. The van der Waals surface area contributed by atoms with E-state index in [1.165, 1.54) is 12.8 Å². The van der Waals surface area contributed by atoms with Gasteiger partial charge in [-0.3, -0.25) is 0 Å². The third-order valence-corrected chi connectivity index (χ3v) is 4.85. The van der Waals surface area contributed by atoms with Crippen LogP contribution in [0, 0.1) is 16.7 Å². The normalized spacial score (nSPS) is 41.2. The first-order chi connectivity index (χ1) is 6.90. The summed E-state index contributed by atoms with van der Waals surface area (Å²) in [5.41, 5.74) is 0.601. The van der Waals surface area contributed by atoms with Crippen molar-refractivity contribution in [1.29, 1.82) is 0 Å². The van der Waals surface area contributed by atoms with Gasteiger partial charge in [0, 0.05) is 0 Å². The molecule has 3 unspecified atom stereocenters. The van der Waals surface area contributed by atoms with E-state index in [1.54, 1.807) is 0 Å². The number of rotatable bonds is 1. The summed E-state index contributed by atoms with van der Waals surface area (Å²) in [7, 11) is 0. The second-order valence-corrected chi connectivity index (χ2v) is 5.57. The standard InChI is InChI=1S/C10H18O.C2H6O2/c1-9(2)7-4-5-10(9,3)8(11)6-7;3-1-2-4/h7-8,11H,4-6H2,1-3H3;3-4H,1-2H2. The number of fused-ring (bicyclic) bond motifs is 2. The Labute approximate surface area is 92.1 Å². The lowest BCUT2D eigenvalue weighted by molar-refractivity contribution is 0.0126. The summed E-state index contributed by atoms with van der Waals surface area (Å²) in [5.74, 6) is 0.780. The van der Waals surface area contributed by atoms with Crippen molar-refractivity contribution in [2.45, 2.75) is 46.1 Å². The average molecular weight is 216 g/mol. The van der Waals surface area contributed by atoms with Crippen molar-refractivity contribution in [3.63, 3.8) is 0 Å². The quantitative estimate of drug-likeness (QED) is 0.616. The van der Waals surface area contributed by atoms with E-state index in [2.05, 4.69) is 20.8 Å². The average Bonchev–Trinajstić information content (AvgIpc) is 2.51. The smallest absolute Gasteiger partial charge is 0.0662 e. The van der Waals surface area contributed by atoms with Gasteiger partial charge >= 0.3 is 0 Å². The van der Waals surface area contributed by atoms with Crippen LogP contribution in [0.3, 0.4) is 0 Å². The summed E-state index contributed by atoms with van der Waals surface area (Å²) in [6, 6.07) is 0. The Bertz CT molecular complexity index is 213. The SMILES string of the molecule is CC1(C)C2CCC1(C)C(O)C2.OCCO. The minimum atomic E-state index is -0.125.